The molecule has 1 unspecified atom stereocenters. The molecule has 0 aliphatic carbocycles. The maximum atomic E-state index is 12.2. The summed E-state index contributed by atoms with van der Waals surface area (Å²) < 4.78 is 5.25. The monoisotopic (exact) mass is 332 g/mol. The fourth-order valence-corrected chi connectivity index (χ4v) is 2.42. The number of hydrogen-bond acceptors (Lipinski definition) is 5. The first-order chi connectivity index (χ1) is 11.3. The van der Waals surface area contributed by atoms with Crippen LogP contribution in [0.4, 0.5) is 0 Å². The fourth-order valence-electron chi connectivity index (χ4n) is 2.42. The second kappa shape index (κ2) is 7.55. The van der Waals surface area contributed by atoms with Gasteiger partial charge < -0.3 is 9.64 Å². The molecule has 130 valence electrons. The Bertz CT molecular complexity index is 607. The molecule has 6 heteroatoms. The SMILES string of the molecule is CC(C)(C)C(=O)C(=O)N1CCC1C(=O)OCCCc1cccnc1. The van der Waals surface area contributed by atoms with Crippen LogP contribution in [0.2, 0.25) is 0 Å². The standard InChI is InChI=1S/C18H24N2O4/c1-18(2,3)15(21)16(22)20-10-8-14(20)17(23)24-11-5-7-13-6-4-9-19-12-13/h4,6,9,12,14H,5,7-8,10-11H2,1-3H3. The average Bonchev–Trinajstić information content (AvgIpc) is 2.49. The molecule has 1 fully saturated rings. The number of amides is 1. The van der Waals surface area contributed by atoms with Crippen molar-refractivity contribution in [2.75, 3.05) is 13.2 Å². The van der Waals surface area contributed by atoms with Crippen molar-refractivity contribution in [2.24, 2.45) is 5.41 Å². The van der Waals surface area contributed by atoms with E-state index < -0.39 is 29.1 Å². The van der Waals surface area contributed by atoms with Crippen molar-refractivity contribution >= 4 is 17.7 Å². The van der Waals surface area contributed by atoms with Crippen LogP contribution in [0.3, 0.4) is 0 Å². The van der Waals surface area contributed by atoms with Crippen LogP contribution in [0, 0.1) is 5.41 Å². The third kappa shape index (κ3) is 4.40. The molecule has 1 saturated heterocycles. The smallest absolute Gasteiger partial charge is 0.328 e. The van der Waals surface area contributed by atoms with Crippen LogP contribution in [0.25, 0.3) is 0 Å². The molecule has 1 amide bonds. The Morgan fingerprint density at radius 2 is 2.08 bits per heavy atom. The van der Waals surface area contributed by atoms with E-state index in [1.165, 1.54) is 4.90 Å². The minimum Gasteiger partial charge on any atom is -0.464 e. The maximum absolute atomic E-state index is 12.2. The molecular formula is C18H24N2O4. The van der Waals surface area contributed by atoms with Crippen LogP contribution in [0.15, 0.2) is 24.5 Å². The number of Topliss-reactive ketones (excluding diaryl/α,β-unsaturated/α-hetero) is 1. The van der Waals surface area contributed by atoms with Gasteiger partial charge in [-0.3, -0.25) is 14.6 Å². The molecule has 1 aromatic rings. The summed E-state index contributed by atoms with van der Waals surface area (Å²) in [6.07, 6.45) is 5.51. The van der Waals surface area contributed by atoms with Gasteiger partial charge in [-0.2, -0.15) is 0 Å². The summed E-state index contributed by atoms with van der Waals surface area (Å²) in [5, 5.41) is 0. The Labute approximate surface area is 142 Å². The van der Waals surface area contributed by atoms with Crippen LogP contribution in [-0.4, -0.2) is 46.7 Å². The van der Waals surface area contributed by atoms with E-state index in [1.54, 1.807) is 33.2 Å². The molecule has 0 aromatic carbocycles. The zero-order valence-corrected chi connectivity index (χ0v) is 14.4. The zero-order valence-electron chi connectivity index (χ0n) is 14.4. The first kappa shape index (κ1) is 18.1. The van der Waals surface area contributed by atoms with Crippen LogP contribution < -0.4 is 0 Å². The summed E-state index contributed by atoms with van der Waals surface area (Å²) in [4.78, 5) is 41.6. The lowest BCUT2D eigenvalue weighted by molar-refractivity contribution is -0.165. The molecule has 2 heterocycles. The quantitative estimate of drug-likeness (QED) is 0.451. The molecule has 2 rings (SSSR count). The second-order valence-electron chi connectivity index (χ2n) is 7.01. The predicted octanol–water partition coefficient (Wildman–Crippen LogP) is 1.77. The summed E-state index contributed by atoms with van der Waals surface area (Å²) in [7, 11) is 0. The van der Waals surface area contributed by atoms with E-state index in [9.17, 15) is 14.4 Å². The number of rotatable bonds is 6. The number of carbonyl (C=O) groups is 3. The van der Waals surface area contributed by atoms with Gasteiger partial charge in [0.25, 0.3) is 5.91 Å². The third-order valence-corrected chi connectivity index (χ3v) is 4.00. The highest BCUT2D eigenvalue weighted by Gasteiger charge is 2.43. The second-order valence-corrected chi connectivity index (χ2v) is 7.01. The lowest BCUT2D eigenvalue weighted by Gasteiger charge is -2.39. The van der Waals surface area contributed by atoms with E-state index in [1.807, 2.05) is 12.1 Å². The normalized spacial score (nSPS) is 17.1. The number of ketones is 1. The molecule has 6 nitrogen and oxygen atoms in total. The van der Waals surface area contributed by atoms with Gasteiger partial charge in [0.05, 0.1) is 6.61 Å². The minimum atomic E-state index is -0.745. The molecule has 1 aromatic heterocycles. The Morgan fingerprint density at radius 3 is 2.62 bits per heavy atom. The lowest BCUT2D eigenvalue weighted by atomic mass is 9.88. The number of pyridine rings is 1. The molecule has 1 atom stereocenters. The van der Waals surface area contributed by atoms with E-state index in [2.05, 4.69) is 4.98 Å². The summed E-state index contributed by atoms with van der Waals surface area (Å²) >= 11 is 0. The number of esters is 1. The summed E-state index contributed by atoms with van der Waals surface area (Å²) in [6.45, 7) is 5.80. The average molecular weight is 332 g/mol. The molecule has 1 aliphatic rings. The molecule has 24 heavy (non-hydrogen) atoms. The van der Waals surface area contributed by atoms with Gasteiger partial charge in [0.15, 0.2) is 0 Å². The van der Waals surface area contributed by atoms with Crippen molar-refractivity contribution in [1.29, 1.82) is 0 Å². The van der Waals surface area contributed by atoms with Gasteiger partial charge in [-0.15, -0.1) is 0 Å². The Morgan fingerprint density at radius 1 is 1.33 bits per heavy atom. The molecule has 0 spiro atoms. The first-order valence-electron chi connectivity index (χ1n) is 8.21. The molecular weight excluding hydrogens is 308 g/mol. The van der Waals surface area contributed by atoms with Crippen molar-refractivity contribution in [3.05, 3.63) is 30.1 Å². The van der Waals surface area contributed by atoms with Crippen molar-refractivity contribution in [3.8, 4) is 0 Å². The Hall–Kier alpha value is -2.24. The van der Waals surface area contributed by atoms with Gasteiger partial charge in [-0.25, -0.2) is 4.79 Å². The highest BCUT2D eigenvalue weighted by atomic mass is 16.5. The summed E-state index contributed by atoms with van der Waals surface area (Å²) in [5.74, 6) is -1.50. The zero-order chi connectivity index (χ0) is 17.7. The van der Waals surface area contributed by atoms with E-state index >= 15 is 0 Å². The van der Waals surface area contributed by atoms with Gasteiger partial charge in [-0.1, -0.05) is 26.8 Å². The largest absolute Gasteiger partial charge is 0.464 e. The summed E-state index contributed by atoms with van der Waals surface area (Å²) in [5.41, 5.74) is 0.343. The van der Waals surface area contributed by atoms with E-state index in [4.69, 9.17) is 4.74 Å². The molecule has 0 N–H and O–H groups in total. The topological polar surface area (TPSA) is 76.6 Å². The molecule has 0 bridgehead atoms. The number of aryl methyl sites for hydroxylation is 1. The van der Waals surface area contributed by atoms with Crippen LogP contribution in [0.1, 0.15) is 39.2 Å². The Kier molecular flexibility index (Phi) is 5.70. The van der Waals surface area contributed by atoms with E-state index in [0.29, 0.717) is 26.0 Å². The number of aromatic nitrogens is 1. The lowest BCUT2D eigenvalue weighted by Crippen LogP contribution is -2.58. The number of carbonyl (C=O) groups excluding carboxylic acids is 3. The predicted molar refractivity (Wildman–Crippen MR) is 88.1 cm³/mol. The number of nitrogens with zero attached hydrogens (tertiary/aromatic N) is 2. The first-order valence-corrected chi connectivity index (χ1v) is 8.21. The highest BCUT2D eigenvalue weighted by molar-refractivity contribution is 6.38. The van der Waals surface area contributed by atoms with Gasteiger partial charge in [0, 0.05) is 24.4 Å². The summed E-state index contributed by atoms with van der Waals surface area (Å²) in [6, 6.07) is 3.22. The fraction of sp³-hybridized carbons (Fsp3) is 0.556. The van der Waals surface area contributed by atoms with E-state index in [0.717, 1.165) is 12.0 Å². The van der Waals surface area contributed by atoms with Crippen LogP contribution in [0.5, 0.6) is 0 Å². The minimum absolute atomic E-state index is 0.291. The van der Waals surface area contributed by atoms with Gasteiger partial charge >= 0.3 is 5.97 Å². The highest BCUT2D eigenvalue weighted by Crippen LogP contribution is 2.23. The van der Waals surface area contributed by atoms with Crippen molar-refractivity contribution < 1.29 is 19.1 Å². The molecule has 0 radical (unpaired) electrons. The number of hydrogen-bond donors (Lipinski definition) is 0. The van der Waals surface area contributed by atoms with Crippen molar-refractivity contribution in [1.82, 2.24) is 9.88 Å². The van der Waals surface area contributed by atoms with Crippen molar-refractivity contribution in [2.45, 2.75) is 46.1 Å². The number of likely N-dealkylation sites (tertiary alicyclic amines) is 1. The van der Waals surface area contributed by atoms with Gasteiger partial charge in [0.1, 0.15) is 6.04 Å². The molecule has 0 saturated carbocycles. The third-order valence-electron chi connectivity index (χ3n) is 4.00. The van der Waals surface area contributed by atoms with Crippen molar-refractivity contribution in [3.63, 3.8) is 0 Å². The maximum Gasteiger partial charge on any atom is 0.328 e. The van der Waals surface area contributed by atoms with Crippen LogP contribution >= 0.6 is 0 Å². The van der Waals surface area contributed by atoms with Gasteiger partial charge in [-0.05, 0) is 30.9 Å². The van der Waals surface area contributed by atoms with Crippen LogP contribution in [-0.2, 0) is 25.5 Å². The van der Waals surface area contributed by atoms with Gasteiger partial charge in [0.2, 0.25) is 5.78 Å². The molecule has 1 aliphatic heterocycles. The number of ether oxygens (including phenoxy) is 1. The Balaban J connectivity index is 1.76. The van der Waals surface area contributed by atoms with E-state index in [-0.39, 0.29) is 0 Å².